The Morgan fingerprint density at radius 1 is 1.57 bits per heavy atom. The molecule has 0 spiro atoms. The van der Waals surface area contributed by atoms with Gasteiger partial charge in [-0.1, -0.05) is 20.3 Å². The molecule has 0 radical (unpaired) electrons. The van der Waals surface area contributed by atoms with Gasteiger partial charge in [0.2, 0.25) is 0 Å². The van der Waals surface area contributed by atoms with Crippen LogP contribution in [0.25, 0.3) is 0 Å². The van der Waals surface area contributed by atoms with Crippen molar-refractivity contribution in [2.45, 2.75) is 32.7 Å². The first-order chi connectivity index (χ1) is 6.69. The summed E-state index contributed by atoms with van der Waals surface area (Å²) in [4.78, 5) is 0. The average Bonchev–Trinajstić information content (AvgIpc) is 2.60. The van der Waals surface area contributed by atoms with Crippen molar-refractivity contribution in [2.24, 2.45) is 5.92 Å². The van der Waals surface area contributed by atoms with Gasteiger partial charge in [0.15, 0.2) is 4.67 Å². The minimum Gasteiger partial charge on any atom is -0.457 e. The van der Waals surface area contributed by atoms with Crippen LogP contribution in [0.1, 0.15) is 38.3 Å². The number of hydrogen-bond donors (Lipinski definition) is 1. The number of furan rings is 1. The van der Waals surface area contributed by atoms with Gasteiger partial charge in [0.05, 0.1) is 6.26 Å². The molecule has 0 bridgehead atoms. The summed E-state index contributed by atoms with van der Waals surface area (Å²) in [6.45, 7) is 4.50. The third-order valence-corrected chi connectivity index (χ3v) is 3.35. The van der Waals surface area contributed by atoms with Gasteiger partial charge in [-0.05, 0) is 41.4 Å². The van der Waals surface area contributed by atoms with Gasteiger partial charge in [0, 0.05) is 11.6 Å². The van der Waals surface area contributed by atoms with Crippen LogP contribution in [0.4, 0.5) is 0 Å². The van der Waals surface area contributed by atoms with Crippen molar-refractivity contribution in [1.29, 1.82) is 0 Å². The van der Waals surface area contributed by atoms with Crippen LogP contribution in [-0.4, -0.2) is 7.05 Å². The molecule has 0 fully saturated rings. The number of nitrogens with one attached hydrogen (secondary N) is 1. The van der Waals surface area contributed by atoms with Crippen LogP contribution < -0.4 is 5.32 Å². The lowest BCUT2D eigenvalue weighted by Gasteiger charge is -2.18. The second-order valence-corrected chi connectivity index (χ2v) is 4.46. The molecule has 0 aliphatic carbocycles. The van der Waals surface area contributed by atoms with E-state index in [2.05, 4.69) is 35.1 Å². The first-order valence-corrected chi connectivity index (χ1v) is 5.88. The van der Waals surface area contributed by atoms with Gasteiger partial charge >= 0.3 is 0 Å². The maximum absolute atomic E-state index is 5.24. The van der Waals surface area contributed by atoms with Crippen LogP contribution in [0.3, 0.4) is 0 Å². The van der Waals surface area contributed by atoms with Gasteiger partial charge in [-0.2, -0.15) is 0 Å². The van der Waals surface area contributed by atoms with E-state index in [0.29, 0.717) is 6.04 Å². The molecule has 0 aliphatic heterocycles. The van der Waals surface area contributed by atoms with E-state index < -0.39 is 0 Å². The molecule has 1 rings (SSSR count). The molecular weight excluding hydrogens is 242 g/mol. The van der Waals surface area contributed by atoms with Gasteiger partial charge < -0.3 is 9.73 Å². The van der Waals surface area contributed by atoms with Gasteiger partial charge in [0.25, 0.3) is 0 Å². The van der Waals surface area contributed by atoms with Crippen molar-refractivity contribution in [3.63, 3.8) is 0 Å². The maximum Gasteiger partial charge on any atom is 0.173 e. The Bertz CT molecular complexity index is 272. The standard InChI is InChI=1S/C11H18BrNO/c1-4-8(2)7-10(13-3)9-5-6-14-11(9)12/h5-6,8,10,13H,4,7H2,1-3H3. The molecule has 80 valence electrons. The summed E-state index contributed by atoms with van der Waals surface area (Å²) in [5.41, 5.74) is 1.22. The van der Waals surface area contributed by atoms with E-state index in [4.69, 9.17) is 4.42 Å². The van der Waals surface area contributed by atoms with Gasteiger partial charge in [-0.3, -0.25) is 0 Å². The average molecular weight is 260 g/mol. The third-order valence-electron chi connectivity index (χ3n) is 2.70. The van der Waals surface area contributed by atoms with E-state index in [9.17, 15) is 0 Å². The predicted octanol–water partition coefficient (Wildman–Crippen LogP) is 3.74. The Hall–Kier alpha value is -0.280. The molecule has 2 atom stereocenters. The van der Waals surface area contributed by atoms with Crippen LogP contribution in [0.2, 0.25) is 0 Å². The van der Waals surface area contributed by atoms with E-state index in [0.717, 1.165) is 17.0 Å². The van der Waals surface area contributed by atoms with Crippen LogP contribution in [-0.2, 0) is 0 Å². The summed E-state index contributed by atoms with van der Waals surface area (Å²) >= 11 is 3.41. The monoisotopic (exact) mass is 259 g/mol. The zero-order valence-corrected chi connectivity index (χ0v) is 10.6. The normalized spacial score (nSPS) is 15.4. The van der Waals surface area contributed by atoms with Crippen molar-refractivity contribution in [1.82, 2.24) is 5.32 Å². The summed E-state index contributed by atoms with van der Waals surface area (Å²) in [6, 6.07) is 2.41. The molecule has 0 saturated heterocycles. The molecule has 1 heterocycles. The van der Waals surface area contributed by atoms with Crippen molar-refractivity contribution in [3.8, 4) is 0 Å². The highest BCUT2D eigenvalue weighted by atomic mass is 79.9. The lowest BCUT2D eigenvalue weighted by atomic mass is 9.96. The molecule has 1 N–H and O–H groups in total. The van der Waals surface area contributed by atoms with Crippen LogP contribution in [0, 0.1) is 5.92 Å². The predicted molar refractivity (Wildman–Crippen MR) is 62.3 cm³/mol. The van der Waals surface area contributed by atoms with Crippen LogP contribution in [0.5, 0.6) is 0 Å². The molecule has 2 unspecified atom stereocenters. The highest BCUT2D eigenvalue weighted by Crippen LogP contribution is 2.29. The number of rotatable bonds is 5. The van der Waals surface area contributed by atoms with E-state index in [1.54, 1.807) is 6.26 Å². The fourth-order valence-corrected chi connectivity index (χ4v) is 2.04. The van der Waals surface area contributed by atoms with E-state index in [-0.39, 0.29) is 0 Å². The largest absolute Gasteiger partial charge is 0.457 e. The molecule has 3 heteroatoms. The van der Waals surface area contributed by atoms with Gasteiger partial charge in [-0.15, -0.1) is 0 Å². The first-order valence-electron chi connectivity index (χ1n) is 5.09. The minimum atomic E-state index is 0.387. The minimum absolute atomic E-state index is 0.387. The maximum atomic E-state index is 5.24. The summed E-state index contributed by atoms with van der Waals surface area (Å²) in [6.07, 6.45) is 4.08. The molecular formula is C11H18BrNO. The molecule has 14 heavy (non-hydrogen) atoms. The lowest BCUT2D eigenvalue weighted by molar-refractivity contribution is 0.415. The molecule has 0 amide bonds. The molecule has 0 aliphatic rings. The first kappa shape index (κ1) is 11.8. The second-order valence-electron chi connectivity index (χ2n) is 3.74. The van der Waals surface area contributed by atoms with Crippen LogP contribution >= 0.6 is 15.9 Å². The van der Waals surface area contributed by atoms with E-state index in [1.807, 2.05) is 13.1 Å². The Labute approximate surface area is 94.2 Å². The Morgan fingerprint density at radius 2 is 2.29 bits per heavy atom. The molecule has 0 saturated carbocycles. The second kappa shape index (κ2) is 5.56. The summed E-state index contributed by atoms with van der Waals surface area (Å²) in [5.74, 6) is 0.731. The SMILES string of the molecule is CCC(C)CC(NC)c1ccoc1Br. The van der Waals surface area contributed by atoms with Gasteiger partial charge in [0.1, 0.15) is 0 Å². The molecule has 0 aromatic carbocycles. The highest BCUT2D eigenvalue weighted by molar-refractivity contribution is 9.10. The van der Waals surface area contributed by atoms with Crippen molar-refractivity contribution < 1.29 is 4.42 Å². The number of halogens is 1. The Balaban J connectivity index is 2.67. The van der Waals surface area contributed by atoms with E-state index >= 15 is 0 Å². The molecule has 2 nitrogen and oxygen atoms in total. The van der Waals surface area contributed by atoms with Gasteiger partial charge in [-0.25, -0.2) is 0 Å². The quantitative estimate of drug-likeness (QED) is 0.872. The van der Waals surface area contributed by atoms with Crippen LogP contribution in [0.15, 0.2) is 21.4 Å². The topological polar surface area (TPSA) is 25.2 Å². The zero-order chi connectivity index (χ0) is 10.6. The Kier molecular flexibility index (Phi) is 4.69. The zero-order valence-electron chi connectivity index (χ0n) is 9.01. The Morgan fingerprint density at radius 3 is 2.71 bits per heavy atom. The number of hydrogen-bond acceptors (Lipinski definition) is 2. The van der Waals surface area contributed by atoms with E-state index in [1.165, 1.54) is 12.0 Å². The third kappa shape index (κ3) is 2.85. The lowest BCUT2D eigenvalue weighted by Crippen LogP contribution is -2.18. The van der Waals surface area contributed by atoms with Crippen molar-refractivity contribution in [3.05, 3.63) is 22.6 Å². The summed E-state index contributed by atoms with van der Waals surface area (Å²) < 4.78 is 6.09. The summed E-state index contributed by atoms with van der Waals surface area (Å²) in [7, 11) is 1.99. The smallest absolute Gasteiger partial charge is 0.173 e. The fraction of sp³-hybridized carbons (Fsp3) is 0.636. The fourth-order valence-electron chi connectivity index (χ4n) is 1.52. The molecule has 1 aromatic rings. The van der Waals surface area contributed by atoms with Crippen molar-refractivity contribution >= 4 is 15.9 Å². The van der Waals surface area contributed by atoms with Crippen molar-refractivity contribution in [2.75, 3.05) is 7.05 Å². The molecule has 1 aromatic heterocycles. The summed E-state index contributed by atoms with van der Waals surface area (Å²) in [5, 5.41) is 3.32. The highest BCUT2D eigenvalue weighted by Gasteiger charge is 2.16.